The molecule has 4 heteroatoms. The van der Waals surface area contributed by atoms with E-state index in [1.165, 1.54) is 44.1 Å². The number of thioether (sulfide) groups is 1. The Balaban J connectivity index is 1.38. The molecule has 0 spiro atoms. The van der Waals surface area contributed by atoms with Crippen LogP contribution in [0.4, 0.5) is 0 Å². The molecule has 4 aliphatic carbocycles. The predicted octanol–water partition coefficient (Wildman–Crippen LogP) is 4.49. The van der Waals surface area contributed by atoms with Crippen molar-refractivity contribution in [3.8, 4) is 5.75 Å². The van der Waals surface area contributed by atoms with Crippen molar-refractivity contribution in [2.45, 2.75) is 43.9 Å². The van der Waals surface area contributed by atoms with Gasteiger partial charge in [-0.15, -0.1) is 11.8 Å². The molecule has 1 aliphatic heterocycles. The number of hydrogen-bond donors (Lipinski definition) is 0. The van der Waals surface area contributed by atoms with E-state index in [1.807, 2.05) is 12.1 Å². The van der Waals surface area contributed by atoms with Gasteiger partial charge in [-0.3, -0.25) is 4.79 Å². The lowest BCUT2D eigenvalue weighted by Crippen LogP contribution is -2.51. The number of rotatable bonds is 4. The van der Waals surface area contributed by atoms with Crippen LogP contribution >= 0.6 is 11.8 Å². The molecule has 1 aromatic carbocycles. The Morgan fingerprint density at radius 3 is 2.24 bits per heavy atom. The molecule has 4 bridgehead atoms. The van der Waals surface area contributed by atoms with E-state index in [2.05, 4.69) is 17.0 Å². The smallest absolute Gasteiger partial charge is 0.233 e. The molecule has 134 valence electrons. The van der Waals surface area contributed by atoms with E-state index in [1.54, 1.807) is 18.9 Å². The van der Waals surface area contributed by atoms with Crippen molar-refractivity contribution in [2.24, 2.45) is 23.2 Å². The third kappa shape index (κ3) is 2.77. The van der Waals surface area contributed by atoms with Gasteiger partial charge in [0, 0.05) is 6.54 Å². The molecule has 25 heavy (non-hydrogen) atoms. The summed E-state index contributed by atoms with van der Waals surface area (Å²) in [5.41, 5.74) is 1.65. The van der Waals surface area contributed by atoms with Gasteiger partial charge in [0.2, 0.25) is 5.91 Å². The summed E-state index contributed by atoms with van der Waals surface area (Å²) in [5.74, 6) is 4.67. The zero-order chi connectivity index (χ0) is 17.0. The summed E-state index contributed by atoms with van der Waals surface area (Å²) in [6, 6.07) is 8.28. The minimum atomic E-state index is 0.186. The summed E-state index contributed by atoms with van der Waals surface area (Å²) < 4.78 is 5.28. The molecule has 1 amide bonds. The van der Waals surface area contributed by atoms with Crippen molar-refractivity contribution in [1.29, 1.82) is 0 Å². The monoisotopic (exact) mass is 357 g/mol. The third-order valence-corrected chi connectivity index (χ3v) is 8.30. The molecular formula is C21H27NO2S. The molecule has 1 saturated heterocycles. The van der Waals surface area contributed by atoms with Crippen LogP contribution in [0.2, 0.25) is 0 Å². The van der Waals surface area contributed by atoms with E-state index in [9.17, 15) is 4.79 Å². The molecule has 0 unspecified atom stereocenters. The molecule has 4 saturated carbocycles. The molecule has 1 heterocycles. The molecule has 3 nitrogen and oxygen atoms in total. The fourth-order valence-corrected chi connectivity index (χ4v) is 7.70. The quantitative estimate of drug-likeness (QED) is 0.795. The number of carbonyl (C=O) groups is 1. The zero-order valence-electron chi connectivity index (χ0n) is 14.9. The number of amides is 1. The van der Waals surface area contributed by atoms with Gasteiger partial charge in [-0.05, 0) is 79.4 Å². The topological polar surface area (TPSA) is 29.5 Å². The van der Waals surface area contributed by atoms with Crippen LogP contribution < -0.4 is 4.74 Å². The van der Waals surface area contributed by atoms with Crippen molar-refractivity contribution >= 4 is 17.7 Å². The molecule has 5 fully saturated rings. The van der Waals surface area contributed by atoms with Gasteiger partial charge in [0.05, 0.1) is 12.9 Å². The van der Waals surface area contributed by atoms with Gasteiger partial charge in [-0.1, -0.05) is 12.1 Å². The van der Waals surface area contributed by atoms with E-state index < -0.39 is 0 Å². The van der Waals surface area contributed by atoms with Crippen LogP contribution in [-0.2, 0) is 4.79 Å². The lowest BCUT2D eigenvalue weighted by molar-refractivity contribution is -0.134. The molecule has 1 aromatic rings. The highest BCUT2D eigenvalue weighted by atomic mass is 32.2. The molecule has 0 radical (unpaired) electrons. The number of methoxy groups -OCH3 is 1. The normalized spacial score (nSPS) is 39.2. The van der Waals surface area contributed by atoms with Crippen LogP contribution in [0.25, 0.3) is 0 Å². The molecule has 6 rings (SSSR count). The Labute approximate surface area is 154 Å². The summed E-state index contributed by atoms with van der Waals surface area (Å²) in [7, 11) is 1.70. The van der Waals surface area contributed by atoms with Crippen LogP contribution in [-0.4, -0.2) is 30.2 Å². The van der Waals surface area contributed by atoms with Gasteiger partial charge in [0.1, 0.15) is 11.1 Å². The lowest BCUT2D eigenvalue weighted by Gasteiger charge is -2.58. The minimum Gasteiger partial charge on any atom is -0.497 e. The second-order valence-corrected chi connectivity index (χ2v) is 9.94. The van der Waals surface area contributed by atoms with Crippen LogP contribution in [0.3, 0.4) is 0 Å². The highest BCUT2D eigenvalue weighted by Gasteiger charge is 2.52. The van der Waals surface area contributed by atoms with E-state index in [-0.39, 0.29) is 5.37 Å². The summed E-state index contributed by atoms with van der Waals surface area (Å²) in [5, 5.41) is 0.186. The fourth-order valence-electron chi connectivity index (χ4n) is 6.51. The first-order valence-corrected chi connectivity index (χ1v) is 10.7. The number of carbonyl (C=O) groups excluding carboxylic acids is 1. The Hall–Kier alpha value is -1.16. The van der Waals surface area contributed by atoms with Gasteiger partial charge in [-0.25, -0.2) is 0 Å². The average Bonchev–Trinajstić information content (AvgIpc) is 2.94. The van der Waals surface area contributed by atoms with E-state index in [0.717, 1.165) is 30.0 Å². The first-order valence-electron chi connectivity index (χ1n) is 9.69. The summed E-state index contributed by atoms with van der Waals surface area (Å²) >= 11 is 1.79. The Bertz CT molecular complexity index is 636. The van der Waals surface area contributed by atoms with Crippen LogP contribution in [0.15, 0.2) is 24.3 Å². The SMILES string of the molecule is COc1ccc([C@H]2SCC(=O)N2CC23CC4CC(CC(C4)C2)C3)cc1. The fraction of sp³-hybridized carbons (Fsp3) is 0.667. The number of ether oxygens (including phenoxy) is 1. The second-order valence-electron chi connectivity index (χ2n) is 8.88. The van der Waals surface area contributed by atoms with Gasteiger partial charge in [0.15, 0.2) is 0 Å². The van der Waals surface area contributed by atoms with Gasteiger partial charge in [-0.2, -0.15) is 0 Å². The maximum atomic E-state index is 12.7. The van der Waals surface area contributed by atoms with E-state index >= 15 is 0 Å². The summed E-state index contributed by atoms with van der Waals surface area (Å²) in [4.78, 5) is 14.9. The summed E-state index contributed by atoms with van der Waals surface area (Å²) in [6.45, 7) is 0.985. The van der Waals surface area contributed by atoms with Crippen molar-refractivity contribution in [3.63, 3.8) is 0 Å². The highest BCUT2D eigenvalue weighted by molar-refractivity contribution is 8.00. The molecule has 5 aliphatic rings. The van der Waals surface area contributed by atoms with Crippen molar-refractivity contribution in [3.05, 3.63) is 29.8 Å². The number of hydrogen-bond acceptors (Lipinski definition) is 3. The molecular weight excluding hydrogens is 330 g/mol. The van der Waals surface area contributed by atoms with E-state index in [4.69, 9.17) is 4.74 Å². The molecule has 1 atom stereocenters. The predicted molar refractivity (Wildman–Crippen MR) is 101 cm³/mol. The number of nitrogens with zero attached hydrogens (tertiary/aromatic N) is 1. The minimum absolute atomic E-state index is 0.186. The molecule has 0 aromatic heterocycles. The lowest BCUT2D eigenvalue weighted by atomic mass is 9.49. The maximum absolute atomic E-state index is 12.7. The van der Waals surface area contributed by atoms with Crippen molar-refractivity contribution in [2.75, 3.05) is 19.4 Å². The average molecular weight is 358 g/mol. The summed E-state index contributed by atoms with van der Waals surface area (Å²) in [6.07, 6.45) is 8.48. The van der Waals surface area contributed by atoms with Crippen LogP contribution in [0, 0.1) is 23.2 Å². The Morgan fingerprint density at radius 2 is 1.68 bits per heavy atom. The zero-order valence-corrected chi connectivity index (χ0v) is 15.8. The van der Waals surface area contributed by atoms with Crippen molar-refractivity contribution < 1.29 is 9.53 Å². The van der Waals surface area contributed by atoms with Crippen LogP contribution in [0.1, 0.15) is 49.5 Å². The largest absolute Gasteiger partial charge is 0.497 e. The number of benzene rings is 1. The highest BCUT2D eigenvalue weighted by Crippen LogP contribution is 2.61. The van der Waals surface area contributed by atoms with Crippen LogP contribution in [0.5, 0.6) is 5.75 Å². The van der Waals surface area contributed by atoms with E-state index in [0.29, 0.717) is 17.1 Å². The van der Waals surface area contributed by atoms with Gasteiger partial charge < -0.3 is 9.64 Å². The first kappa shape index (κ1) is 16.0. The standard InChI is InChI=1S/C21H27NO2S/c1-24-18-4-2-17(3-5-18)20-22(19(23)12-25-20)13-21-9-14-6-15(10-21)8-16(7-14)11-21/h2-5,14-16,20H,6-13H2,1H3/t14?,15?,16?,20-,21?/m1/s1. The van der Waals surface area contributed by atoms with Crippen molar-refractivity contribution in [1.82, 2.24) is 4.90 Å². The second kappa shape index (κ2) is 5.94. The van der Waals surface area contributed by atoms with Gasteiger partial charge in [0.25, 0.3) is 0 Å². The third-order valence-electron chi connectivity index (χ3n) is 7.04. The molecule has 0 N–H and O–H groups in total. The van der Waals surface area contributed by atoms with Gasteiger partial charge >= 0.3 is 0 Å². The maximum Gasteiger partial charge on any atom is 0.233 e. The Kier molecular flexibility index (Phi) is 3.81. The Morgan fingerprint density at radius 1 is 1.08 bits per heavy atom. The first-order chi connectivity index (χ1) is 12.1.